The van der Waals surface area contributed by atoms with Crippen molar-refractivity contribution in [3.05, 3.63) is 48.3 Å². The highest BCUT2D eigenvalue weighted by molar-refractivity contribution is 7.92. The van der Waals surface area contributed by atoms with Crippen molar-refractivity contribution in [1.82, 2.24) is 20.2 Å². The maximum atomic E-state index is 13.5. The minimum atomic E-state index is -4.14. The van der Waals surface area contributed by atoms with Gasteiger partial charge in [0.15, 0.2) is 0 Å². The van der Waals surface area contributed by atoms with Crippen molar-refractivity contribution in [2.45, 2.75) is 24.2 Å². The van der Waals surface area contributed by atoms with Crippen LogP contribution in [0.15, 0.2) is 47.6 Å². The van der Waals surface area contributed by atoms with Gasteiger partial charge in [-0.15, -0.1) is 5.10 Å². The van der Waals surface area contributed by atoms with E-state index in [9.17, 15) is 13.2 Å². The number of anilines is 2. The molecule has 2 aromatic carbocycles. The molecule has 0 radical (unpaired) electrons. The van der Waals surface area contributed by atoms with Gasteiger partial charge in [-0.3, -0.25) is 4.72 Å². The summed E-state index contributed by atoms with van der Waals surface area (Å²) in [6, 6.07) is 9.46. The van der Waals surface area contributed by atoms with Gasteiger partial charge in [0.1, 0.15) is 17.0 Å². The van der Waals surface area contributed by atoms with Crippen LogP contribution in [-0.4, -0.2) is 61.9 Å². The number of tetrazole rings is 1. The first-order valence-electron chi connectivity index (χ1n) is 10.3. The minimum absolute atomic E-state index is 0.0948. The number of carbonyl (C=O) groups excluding carboxylic acids is 1. The zero-order chi connectivity index (χ0) is 23.4. The van der Waals surface area contributed by atoms with E-state index in [-0.39, 0.29) is 16.2 Å². The number of hydrogen-bond acceptors (Lipinski definition) is 9. The lowest BCUT2D eigenvalue weighted by Crippen LogP contribution is -2.30. The number of hydrogen-bond donors (Lipinski definition) is 1. The summed E-state index contributed by atoms with van der Waals surface area (Å²) in [4.78, 5) is 14.0. The zero-order valence-electron chi connectivity index (χ0n) is 18.3. The monoisotopic (exact) mass is 472 g/mol. The van der Waals surface area contributed by atoms with Crippen molar-refractivity contribution in [2.24, 2.45) is 0 Å². The van der Waals surface area contributed by atoms with Crippen molar-refractivity contribution >= 4 is 27.4 Å². The summed E-state index contributed by atoms with van der Waals surface area (Å²) < 4.78 is 41.0. The molecule has 33 heavy (non-hydrogen) atoms. The van der Waals surface area contributed by atoms with Crippen LogP contribution in [0.4, 0.5) is 11.4 Å². The Labute approximate surface area is 191 Å². The number of sulfonamides is 1. The van der Waals surface area contributed by atoms with Crippen LogP contribution in [0.2, 0.25) is 0 Å². The summed E-state index contributed by atoms with van der Waals surface area (Å²) in [5.74, 6) is -0.546. The smallest absolute Gasteiger partial charge is 0.337 e. The van der Waals surface area contributed by atoms with E-state index in [2.05, 4.69) is 25.1 Å². The fraction of sp³-hybridized carbons (Fsp3) is 0.333. The van der Waals surface area contributed by atoms with Crippen LogP contribution < -0.4 is 14.4 Å². The molecule has 0 aliphatic carbocycles. The van der Waals surface area contributed by atoms with E-state index in [0.717, 1.165) is 38.0 Å². The summed E-state index contributed by atoms with van der Waals surface area (Å²) in [5.41, 5.74) is 1.81. The van der Waals surface area contributed by atoms with Crippen LogP contribution in [0.5, 0.6) is 5.75 Å². The summed E-state index contributed by atoms with van der Waals surface area (Å²) in [7, 11) is -1.54. The van der Waals surface area contributed by atoms with Gasteiger partial charge in [0.05, 0.1) is 36.8 Å². The number of carbonyl (C=O) groups is 1. The van der Waals surface area contributed by atoms with Gasteiger partial charge in [-0.25, -0.2) is 17.9 Å². The maximum absolute atomic E-state index is 13.5. The standard InChI is InChI=1S/C21H24N6O5S/c1-31-19-9-6-15(21(28)32-2)12-20(19)33(29,30)23-17-13-16(27-14-22-24-25-27)7-8-18(17)26-10-4-3-5-11-26/h6-9,12-14,23H,3-5,10-11H2,1-2H3. The van der Waals surface area contributed by atoms with Gasteiger partial charge in [0, 0.05) is 13.1 Å². The highest BCUT2D eigenvalue weighted by atomic mass is 32.2. The molecular weight excluding hydrogens is 448 g/mol. The van der Waals surface area contributed by atoms with Gasteiger partial charge >= 0.3 is 5.97 Å². The normalized spacial score (nSPS) is 14.1. The quantitative estimate of drug-likeness (QED) is 0.515. The van der Waals surface area contributed by atoms with Crippen molar-refractivity contribution in [2.75, 3.05) is 36.9 Å². The summed E-state index contributed by atoms with van der Waals surface area (Å²) in [6.45, 7) is 1.64. The number of nitrogens with one attached hydrogen (secondary N) is 1. The van der Waals surface area contributed by atoms with E-state index in [1.54, 1.807) is 6.07 Å². The number of methoxy groups -OCH3 is 2. The molecule has 0 bridgehead atoms. The van der Waals surface area contributed by atoms with Gasteiger partial charge in [-0.2, -0.15) is 0 Å². The van der Waals surface area contributed by atoms with Crippen molar-refractivity contribution < 1.29 is 22.7 Å². The molecule has 4 rings (SSSR count). The van der Waals surface area contributed by atoms with Crippen molar-refractivity contribution in [1.29, 1.82) is 0 Å². The number of ether oxygens (including phenoxy) is 2. The number of aromatic nitrogens is 4. The first kappa shape index (κ1) is 22.5. The summed E-state index contributed by atoms with van der Waals surface area (Å²) in [6.07, 6.45) is 4.61. The lowest BCUT2D eigenvalue weighted by molar-refractivity contribution is 0.0600. The third kappa shape index (κ3) is 4.75. The molecule has 11 nitrogen and oxygen atoms in total. The van der Waals surface area contributed by atoms with Gasteiger partial charge in [0.2, 0.25) is 0 Å². The molecule has 1 N–H and O–H groups in total. The Bertz CT molecular complexity index is 1240. The predicted octanol–water partition coefficient (Wildman–Crippen LogP) is 2.25. The molecule has 0 saturated carbocycles. The van der Waals surface area contributed by atoms with Gasteiger partial charge in [-0.05, 0) is 66.1 Å². The molecule has 1 saturated heterocycles. The number of piperidine rings is 1. The lowest BCUT2D eigenvalue weighted by atomic mass is 10.1. The fourth-order valence-corrected chi connectivity index (χ4v) is 5.03. The molecule has 1 aromatic heterocycles. The largest absolute Gasteiger partial charge is 0.495 e. The Balaban J connectivity index is 1.78. The molecular formula is C21H24N6O5S. The molecule has 3 aromatic rings. The molecule has 0 amide bonds. The highest BCUT2D eigenvalue weighted by Crippen LogP contribution is 2.34. The molecule has 0 unspecified atom stereocenters. The van der Waals surface area contributed by atoms with Crippen molar-refractivity contribution in [3.63, 3.8) is 0 Å². The van der Waals surface area contributed by atoms with E-state index >= 15 is 0 Å². The molecule has 1 fully saturated rings. The zero-order valence-corrected chi connectivity index (χ0v) is 19.1. The van der Waals surface area contributed by atoms with Gasteiger partial charge < -0.3 is 14.4 Å². The second-order valence-electron chi connectivity index (χ2n) is 7.47. The van der Waals surface area contributed by atoms with E-state index in [1.165, 1.54) is 43.4 Å². The maximum Gasteiger partial charge on any atom is 0.337 e. The third-order valence-corrected chi connectivity index (χ3v) is 6.80. The van der Waals surface area contributed by atoms with Gasteiger partial charge in [0.25, 0.3) is 10.0 Å². The third-order valence-electron chi connectivity index (χ3n) is 5.41. The van der Waals surface area contributed by atoms with Crippen LogP contribution in [-0.2, 0) is 14.8 Å². The number of nitrogens with zero attached hydrogens (tertiary/aromatic N) is 5. The molecule has 2 heterocycles. The van der Waals surface area contributed by atoms with E-state index in [4.69, 9.17) is 9.47 Å². The van der Waals surface area contributed by atoms with Crippen LogP contribution in [0.1, 0.15) is 29.6 Å². The molecule has 1 aliphatic rings. The lowest BCUT2D eigenvalue weighted by Gasteiger charge is -2.31. The fourth-order valence-electron chi connectivity index (χ4n) is 3.77. The Morgan fingerprint density at radius 1 is 1.06 bits per heavy atom. The first-order chi connectivity index (χ1) is 15.9. The summed E-state index contributed by atoms with van der Waals surface area (Å²) in [5, 5.41) is 11.2. The SMILES string of the molecule is COC(=O)c1ccc(OC)c(S(=O)(=O)Nc2cc(-n3cnnn3)ccc2N2CCCCC2)c1. The van der Waals surface area contributed by atoms with E-state index < -0.39 is 16.0 Å². The number of benzene rings is 2. The minimum Gasteiger partial charge on any atom is -0.495 e. The molecule has 1 aliphatic heterocycles. The van der Waals surface area contributed by atoms with Gasteiger partial charge in [-0.1, -0.05) is 0 Å². The number of rotatable bonds is 7. The average Bonchev–Trinajstić information content (AvgIpc) is 3.38. The first-order valence-corrected chi connectivity index (χ1v) is 11.8. The Morgan fingerprint density at radius 3 is 2.52 bits per heavy atom. The average molecular weight is 473 g/mol. The second kappa shape index (κ2) is 9.45. The molecule has 12 heteroatoms. The Kier molecular flexibility index (Phi) is 6.45. The second-order valence-corrected chi connectivity index (χ2v) is 9.12. The van der Waals surface area contributed by atoms with Crippen LogP contribution in [0.25, 0.3) is 5.69 Å². The Hall–Kier alpha value is -3.67. The van der Waals surface area contributed by atoms with Crippen LogP contribution in [0.3, 0.4) is 0 Å². The summed E-state index contributed by atoms with van der Waals surface area (Å²) >= 11 is 0. The Morgan fingerprint density at radius 2 is 1.85 bits per heavy atom. The van der Waals surface area contributed by atoms with E-state index in [1.807, 2.05) is 12.1 Å². The molecule has 174 valence electrons. The van der Waals surface area contributed by atoms with E-state index in [0.29, 0.717) is 11.4 Å². The number of esters is 1. The molecule has 0 atom stereocenters. The topological polar surface area (TPSA) is 129 Å². The molecule has 0 spiro atoms. The highest BCUT2D eigenvalue weighted by Gasteiger charge is 2.25. The van der Waals surface area contributed by atoms with Crippen LogP contribution in [0, 0.1) is 0 Å². The van der Waals surface area contributed by atoms with Crippen molar-refractivity contribution in [3.8, 4) is 11.4 Å². The van der Waals surface area contributed by atoms with Crippen LogP contribution >= 0.6 is 0 Å². The predicted molar refractivity (Wildman–Crippen MR) is 120 cm³/mol.